The molecular weight excluding hydrogens is 230 g/mol. The third kappa shape index (κ3) is 2.84. The fourth-order valence-corrected chi connectivity index (χ4v) is 3.35. The number of likely N-dealkylation sites (tertiary alicyclic amines) is 1. The van der Waals surface area contributed by atoms with E-state index >= 15 is 0 Å². The van der Waals surface area contributed by atoms with Crippen LogP contribution in [0.4, 0.5) is 0 Å². The van der Waals surface area contributed by atoms with E-state index in [4.69, 9.17) is 10.8 Å². The molecule has 3 N–H and O–H groups in total. The highest BCUT2D eigenvalue weighted by Gasteiger charge is 2.43. The number of carboxylic acid groups (broad SMARTS) is 1. The number of nitrogens with two attached hydrogens (primary N) is 1. The zero-order valence-electron chi connectivity index (χ0n) is 11.4. The molecule has 1 heterocycles. The van der Waals surface area contributed by atoms with E-state index in [9.17, 15) is 4.79 Å². The number of hydrogen-bond acceptors (Lipinski definition) is 4. The van der Waals surface area contributed by atoms with Gasteiger partial charge in [0.15, 0.2) is 0 Å². The molecule has 0 aromatic rings. The van der Waals surface area contributed by atoms with Crippen molar-refractivity contribution in [2.45, 2.75) is 37.3 Å². The third-order valence-corrected chi connectivity index (χ3v) is 4.61. The molecule has 2 rings (SSSR count). The van der Waals surface area contributed by atoms with Crippen LogP contribution in [0, 0.1) is 5.92 Å². The minimum absolute atomic E-state index is 0.331. The van der Waals surface area contributed by atoms with Gasteiger partial charge in [-0.1, -0.05) is 0 Å². The van der Waals surface area contributed by atoms with Crippen LogP contribution in [0.25, 0.3) is 0 Å². The molecule has 5 heteroatoms. The van der Waals surface area contributed by atoms with Crippen molar-refractivity contribution in [1.82, 2.24) is 9.80 Å². The summed E-state index contributed by atoms with van der Waals surface area (Å²) in [5, 5.41) is 9.14. The van der Waals surface area contributed by atoms with E-state index in [1.54, 1.807) is 0 Å². The van der Waals surface area contributed by atoms with Gasteiger partial charge in [0, 0.05) is 19.1 Å². The Labute approximate surface area is 109 Å². The lowest BCUT2D eigenvalue weighted by molar-refractivity contribution is -0.143. The molecule has 3 unspecified atom stereocenters. The molecule has 0 amide bonds. The molecule has 3 atom stereocenters. The van der Waals surface area contributed by atoms with Crippen LogP contribution < -0.4 is 5.73 Å². The van der Waals surface area contributed by atoms with Gasteiger partial charge < -0.3 is 20.6 Å². The summed E-state index contributed by atoms with van der Waals surface area (Å²) in [4.78, 5) is 15.8. The molecule has 1 aliphatic heterocycles. The second-order valence-electron chi connectivity index (χ2n) is 6.21. The van der Waals surface area contributed by atoms with Crippen LogP contribution in [-0.4, -0.2) is 66.2 Å². The van der Waals surface area contributed by atoms with E-state index in [0.717, 1.165) is 25.4 Å². The molecule has 0 aromatic heterocycles. The number of carboxylic acids is 1. The topological polar surface area (TPSA) is 69.8 Å². The van der Waals surface area contributed by atoms with Crippen LogP contribution in [0.1, 0.15) is 25.7 Å². The molecule has 1 saturated heterocycles. The lowest BCUT2D eigenvalue weighted by atomic mass is 9.99. The molecule has 18 heavy (non-hydrogen) atoms. The number of nitrogens with zero attached hydrogens (tertiary/aromatic N) is 2. The predicted octanol–water partition coefficient (Wildman–Crippen LogP) is 0.205. The Morgan fingerprint density at radius 1 is 1.56 bits per heavy atom. The maximum Gasteiger partial charge on any atom is 0.323 e. The van der Waals surface area contributed by atoms with Gasteiger partial charge in [-0.05, 0) is 52.2 Å². The van der Waals surface area contributed by atoms with Gasteiger partial charge in [-0.25, -0.2) is 0 Å². The van der Waals surface area contributed by atoms with Gasteiger partial charge in [0.25, 0.3) is 0 Å². The molecule has 2 aliphatic rings. The first-order valence-electron chi connectivity index (χ1n) is 6.82. The van der Waals surface area contributed by atoms with Crippen molar-refractivity contribution in [3.8, 4) is 0 Å². The summed E-state index contributed by atoms with van der Waals surface area (Å²) in [6.45, 7) is 3.40. The van der Waals surface area contributed by atoms with Gasteiger partial charge >= 0.3 is 5.97 Å². The molecule has 1 saturated carbocycles. The fourth-order valence-electron chi connectivity index (χ4n) is 3.35. The summed E-state index contributed by atoms with van der Waals surface area (Å²) in [5.74, 6) is -0.128. The lowest BCUT2D eigenvalue weighted by Gasteiger charge is -2.28. The maximum atomic E-state index is 11.1. The monoisotopic (exact) mass is 255 g/mol. The van der Waals surface area contributed by atoms with Gasteiger partial charge in [-0.3, -0.25) is 4.79 Å². The standard InChI is InChI=1S/C13H25N3O2/c1-15-6-4-10(8-15)9-16(2)11-3-5-13(14,7-11)12(17)18/h10-11H,3-9,14H2,1-2H3,(H,17,18). The molecule has 5 nitrogen and oxygen atoms in total. The summed E-state index contributed by atoms with van der Waals surface area (Å²) in [6.07, 6.45) is 3.34. The minimum Gasteiger partial charge on any atom is -0.480 e. The second-order valence-corrected chi connectivity index (χ2v) is 6.21. The normalized spacial score (nSPS) is 37.6. The Hall–Kier alpha value is -0.650. The van der Waals surface area contributed by atoms with Crippen LogP contribution in [0.15, 0.2) is 0 Å². The van der Waals surface area contributed by atoms with Crippen LogP contribution in [0.3, 0.4) is 0 Å². The summed E-state index contributed by atoms with van der Waals surface area (Å²) < 4.78 is 0. The molecule has 0 radical (unpaired) electrons. The van der Waals surface area contributed by atoms with Gasteiger partial charge in [-0.15, -0.1) is 0 Å². The first-order chi connectivity index (χ1) is 8.40. The summed E-state index contributed by atoms with van der Waals surface area (Å²) in [5.41, 5.74) is 4.93. The van der Waals surface area contributed by atoms with Gasteiger partial charge in [0.1, 0.15) is 5.54 Å². The van der Waals surface area contributed by atoms with Crippen LogP contribution in [0.5, 0.6) is 0 Å². The lowest BCUT2D eigenvalue weighted by Crippen LogP contribution is -2.47. The number of aliphatic carboxylic acids is 1. The third-order valence-electron chi connectivity index (χ3n) is 4.61. The molecule has 0 spiro atoms. The summed E-state index contributed by atoms with van der Waals surface area (Å²) >= 11 is 0. The average molecular weight is 255 g/mol. The fraction of sp³-hybridized carbons (Fsp3) is 0.923. The minimum atomic E-state index is -0.995. The second kappa shape index (κ2) is 5.15. The Bertz CT molecular complexity index is 323. The maximum absolute atomic E-state index is 11.1. The van der Waals surface area contributed by atoms with Crippen LogP contribution in [-0.2, 0) is 4.79 Å². The molecule has 0 bridgehead atoms. The van der Waals surface area contributed by atoms with Gasteiger partial charge in [0.2, 0.25) is 0 Å². The number of carbonyl (C=O) groups is 1. The van der Waals surface area contributed by atoms with Crippen LogP contribution >= 0.6 is 0 Å². The van der Waals surface area contributed by atoms with Crippen molar-refractivity contribution in [2.24, 2.45) is 11.7 Å². The Morgan fingerprint density at radius 2 is 2.28 bits per heavy atom. The highest BCUT2D eigenvalue weighted by atomic mass is 16.4. The quantitative estimate of drug-likeness (QED) is 0.751. The van der Waals surface area contributed by atoms with E-state index in [0.29, 0.717) is 18.9 Å². The van der Waals surface area contributed by atoms with Gasteiger partial charge in [-0.2, -0.15) is 0 Å². The van der Waals surface area contributed by atoms with Crippen molar-refractivity contribution in [3.05, 3.63) is 0 Å². The SMILES string of the molecule is CN1CCC(CN(C)C2CCC(N)(C(=O)O)C2)C1. The van der Waals surface area contributed by atoms with Crippen molar-refractivity contribution >= 4 is 5.97 Å². The Morgan fingerprint density at radius 3 is 2.78 bits per heavy atom. The van der Waals surface area contributed by atoms with Crippen molar-refractivity contribution in [3.63, 3.8) is 0 Å². The van der Waals surface area contributed by atoms with Crippen molar-refractivity contribution < 1.29 is 9.90 Å². The molecule has 104 valence electrons. The van der Waals surface area contributed by atoms with E-state index in [1.807, 2.05) is 0 Å². The summed E-state index contributed by atoms with van der Waals surface area (Å²) in [6, 6.07) is 0.331. The number of rotatable bonds is 4. The Balaban J connectivity index is 1.84. The van der Waals surface area contributed by atoms with Gasteiger partial charge in [0.05, 0.1) is 0 Å². The largest absolute Gasteiger partial charge is 0.480 e. The molecule has 1 aliphatic carbocycles. The first-order valence-corrected chi connectivity index (χ1v) is 6.82. The zero-order valence-corrected chi connectivity index (χ0v) is 11.4. The Kier molecular flexibility index (Phi) is 3.94. The highest BCUT2D eigenvalue weighted by molar-refractivity contribution is 5.79. The van der Waals surface area contributed by atoms with E-state index in [2.05, 4.69) is 23.9 Å². The summed E-state index contributed by atoms with van der Waals surface area (Å²) in [7, 11) is 4.27. The van der Waals surface area contributed by atoms with Crippen LogP contribution in [0.2, 0.25) is 0 Å². The zero-order chi connectivity index (χ0) is 13.3. The average Bonchev–Trinajstić information content (AvgIpc) is 2.86. The smallest absolute Gasteiger partial charge is 0.323 e. The highest BCUT2D eigenvalue weighted by Crippen LogP contribution is 2.31. The molecule has 0 aromatic carbocycles. The molecule has 2 fully saturated rings. The van der Waals surface area contributed by atoms with Crippen molar-refractivity contribution in [1.29, 1.82) is 0 Å². The number of hydrogen-bond donors (Lipinski definition) is 2. The van der Waals surface area contributed by atoms with E-state index < -0.39 is 11.5 Å². The van der Waals surface area contributed by atoms with E-state index in [-0.39, 0.29) is 0 Å². The predicted molar refractivity (Wildman–Crippen MR) is 70.4 cm³/mol. The first kappa shape index (κ1) is 13.8. The van der Waals surface area contributed by atoms with Crippen molar-refractivity contribution in [2.75, 3.05) is 33.7 Å². The van der Waals surface area contributed by atoms with E-state index in [1.165, 1.54) is 13.0 Å². The molecular formula is C13H25N3O2.